The van der Waals surface area contributed by atoms with Crippen molar-refractivity contribution in [3.05, 3.63) is 71.2 Å². The first-order chi connectivity index (χ1) is 16.7. The molecule has 0 atom stereocenters. The molecule has 1 aromatic carbocycles. The highest BCUT2D eigenvalue weighted by Crippen LogP contribution is 2.23. The number of rotatable bonds is 7. The smallest absolute Gasteiger partial charge is 0.357 e. The summed E-state index contributed by atoms with van der Waals surface area (Å²) in [6, 6.07) is 9.11. The second kappa shape index (κ2) is 10.1. The average Bonchev–Trinajstić information content (AvgIpc) is 3.40. The van der Waals surface area contributed by atoms with Gasteiger partial charge in [0.1, 0.15) is 11.6 Å². The molecular weight excluding hydrogens is 473 g/mol. The van der Waals surface area contributed by atoms with Crippen molar-refractivity contribution in [3.63, 3.8) is 0 Å². The van der Waals surface area contributed by atoms with Crippen LogP contribution in [0.3, 0.4) is 0 Å². The fraction of sp³-hybridized carbons (Fsp3) is 0.217. The summed E-state index contributed by atoms with van der Waals surface area (Å²) in [7, 11) is 0. The van der Waals surface area contributed by atoms with E-state index >= 15 is 0 Å². The molecule has 0 aliphatic rings. The molecule has 35 heavy (non-hydrogen) atoms. The molecule has 3 aromatic heterocycles. The first-order valence-corrected chi connectivity index (χ1v) is 11.7. The maximum Gasteiger partial charge on any atom is 0.357 e. The lowest BCUT2D eigenvalue weighted by Crippen LogP contribution is -2.23. The molecule has 4 rings (SSSR count). The van der Waals surface area contributed by atoms with Gasteiger partial charge < -0.3 is 10.1 Å². The van der Waals surface area contributed by atoms with Crippen molar-refractivity contribution in [3.8, 4) is 11.6 Å². The predicted molar refractivity (Wildman–Crippen MR) is 128 cm³/mol. The van der Waals surface area contributed by atoms with Gasteiger partial charge in [-0.3, -0.25) is 9.36 Å². The summed E-state index contributed by atoms with van der Waals surface area (Å²) in [4.78, 5) is 38.3. The molecule has 1 N–H and O–H groups in total. The summed E-state index contributed by atoms with van der Waals surface area (Å²) in [5.74, 6) is -1.06. The Hall–Kier alpha value is -4.06. The molecule has 180 valence electrons. The number of imidazole rings is 1. The lowest BCUT2D eigenvalue weighted by atomic mass is 10.3. The van der Waals surface area contributed by atoms with Crippen LogP contribution < -0.4 is 5.32 Å². The number of benzene rings is 1. The molecule has 0 bridgehead atoms. The summed E-state index contributed by atoms with van der Waals surface area (Å²) in [5, 5.41) is 7.55. The van der Waals surface area contributed by atoms with Gasteiger partial charge in [-0.2, -0.15) is 9.78 Å². The third-order valence-electron chi connectivity index (χ3n) is 4.80. The molecule has 0 saturated heterocycles. The number of aromatic nitrogens is 6. The summed E-state index contributed by atoms with van der Waals surface area (Å²) in [6.07, 6.45) is 3.15. The van der Waals surface area contributed by atoms with E-state index in [1.165, 1.54) is 46.9 Å². The summed E-state index contributed by atoms with van der Waals surface area (Å²) in [6.45, 7) is 4.91. The molecule has 4 aromatic rings. The Morgan fingerprint density at radius 1 is 1.06 bits per heavy atom. The Kier molecular flexibility index (Phi) is 6.92. The number of amides is 1. The van der Waals surface area contributed by atoms with E-state index in [1.807, 2.05) is 19.9 Å². The van der Waals surface area contributed by atoms with Gasteiger partial charge in [-0.25, -0.2) is 24.1 Å². The lowest BCUT2D eigenvalue weighted by Gasteiger charge is -2.11. The van der Waals surface area contributed by atoms with Gasteiger partial charge >= 0.3 is 5.97 Å². The predicted octanol–water partition coefficient (Wildman–Crippen LogP) is 3.43. The number of carbonyl (C=O) groups is 2. The van der Waals surface area contributed by atoms with E-state index in [-0.39, 0.29) is 5.69 Å². The van der Waals surface area contributed by atoms with Gasteiger partial charge in [-0.15, -0.1) is 0 Å². The van der Waals surface area contributed by atoms with E-state index < -0.39 is 24.3 Å². The fourth-order valence-electron chi connectivity index (χ4n) is 3.39. The molecule has 10 nitrogen and oxygen atoms in total. The quantitative estimate of drug-likeness (QED) is 0.306. The number of anilines is 1. The van der Waals surface area contributed by atoms with Crippen molar-refractivity contribution in [1.82, 2.24) is 29.3 Å². The van der Waals surface area contributed by atoms with Gasteiger partial charge in [0.05, 0.1) is 11.9 Å². The third-order valence-corrected chi connectivity index (χ3v) is 5.45. The number of halogens is 1. The SMILES string of the molecule is CSc1ncc(C(=O)OCC(=O)Nc2cc(C)nn2-c2nc(C)cc(C)n2)n1-c1ccc(F)cc1. The molecule has 12 heteroatoms. The Morgan fingerprint density at radius 2 is 1.74 bits per heavy atom. The highest BCUT2D eigenvalue weighted by molar-refractivity contribution is 7.98. The molecule has 0 unspecified atom stereocenters. The van der Waals surface area contributed by atoms with Crippen LogP contribution in [0.4, 0.5) is 10.2 Å². The number of carbonyl (C=O) groups excluding carboxylic acids is 2. The standard InChI is InChI=1S/C23H22FN7O3S/c1-13-9-14(2)27-22(26-13)31-19(10-15(3)29-31)28-20(32)12-34-21(33)18-11-25-23(35-4)30(18)17-7-5-16(24)6-8-17/h5-11H,12H2,1-4H3,(H,28,32). The second-order valence-corrected chi connectivity index (χ2v) is 8.37. The first-order valence-electron chi connectivity index (χ1n) is 10.5. The Balaban J connectivity index is 1.49. The van der Waals surface area contributed by atoms with Crippen molar-refractivity contribution < 1.29 is 18.7 Å². The maximum absolute atomic E-state index is 13.4. The number of hydrogen-bond donors (Lipinski definition) is 1. The molecule has 3 heterocycles. The molecule has 0 aliphatic heterocycles. The van der Waals surface area contributed by atoms with Crippen LogP contribution in [0, 0.1) is 26.6 Å². The van der Waals surface area contributed by atoms with E-state index in [4.69, 9.17) is 4.74 Å². The average molecular weight is 496 g/mol. The minimum Gasteiger partial charge on any atom is -0.451 e. The van der Waals surface area contributed by atoms with Crippen LogP contribution in [-0.4, -0.2) is 54.0 Å². The molecule has 0 radical (unpaired) electrons. The molecule has 0 saturated carbocycles. The number of hydrogen-bond acceptors (Lipinski definition) is 8. The Labute approximate surface area is 204 Å². The van der Waals surface area contributed by atoms with E-state index in [9.17, 15) is 14.0 Å². The van der Waals surface area contributed by atoms with Crippen LogP contribution in [0.2, 0.25) is 0 Å². The number of thioether (sulfide) groups is 1. The molecular formula is C23H22FN7O3S. The largest absolute Gasteiger partial charge is 0.451 e. The number of esters is 1. The van der Waals surface area contributed by atoms with E-state index in [0.717, 1.165) is 11.4 Å². The van der Waals surface area contributed by atoms with Crippen molar-refractivity contribution in [2.24, 2.45) is 0 Å². The minimum atomic E-state index is -0.750. The third kappa shape index (κ3) is 5.38. The highest BCUT2D eigenvalue weighted by atomic mass is 32.2. The number of aryl methyl sites for hydroxylation is 3. The zero-order valence-corrected chi connectivity index (χ0v) is 20.3. The van der Waals surface area contributed by atoms with Gasteiger partial charge in [0.15, 0.2) is 17.5 Å². The van der Waals surface area contributed by atoms with Crippen LogP contribution in [0.15, 0.2) is 47.8 Å². The zero-order chi connectivity index (χ0) is 25.1. The Morgan fingerprint density at radius 3 is 2.40 bits per heavy atom. The van der Waals surface area contributed by atoms with Crippen molar-refractivity contribution in [1.29, 1.82) is 0 Å². The van der Waals surface area contributed by atoms with Gasteiger partial charge in [0, 0.05) is 23.1 Å². The monoisotopic (exact) mass is 495 g/mol. The maximum atomic E-state index is 13.4. The normalized spacial score (nSPS) is 10.9. The molecule has 0 fully saturated rings. The van der Waals surface area contributed by atoms with Gasteiger partial charge in [-0.1, -0.05) is 11.8 Å². The topological polar surface area (TPSA) is 117 Å². The summed E-state index contributed by atoms with van der Waals surface area (Å²) >= 11 is 1.31. The van der Waals surface area contributed by atoms with Crippen LogP contribution in [-0.2, 0) is 9.53 Å². The lowest BCUT2D eigenvalue weighted by molar-refractivity contribution is -0.119. The molecule has 0 aliphatic carbocycles. The van der Waals surface area contributed by atoms with E-state index in [1.54, 1.807) is 23.8 Å². The van der Waals surface area contributed by atoms with Crippen molar-refractivity contribution >= 4 is 29.5 Å². The van der Waals surface area contributed by atoms with E-state index in [2.05, 4.69) is 25.4 Å². The van der Waals surface area contributed by atoms with Crippen LogP contribution in [0.1, 0.15) is 27.6 Å². The highest BCUT2D eigenvalue weighted by Gasteiger charge is 2.21. The Bertz CT molecular complexity index is 1380. The number of nitrogens with one attached hydrogen (secondary N) is 1. The molecule has 1 amide bonds. The van der Waals surface area contributed by atoms with Crippen LogP contribution >= 0.6 is 11.8 Å². The van der Waals surface area contributed by atoms with Crippen LogP contribution in [0.25, 0.3) is 11.6 Å². The van der Waals surface area contributed by atoms with Crippen molar-refractivity contribution in [2.45, 2.75) is 25.9 Å². The molecule has 0 spiro atoms. The van der Waals surface area contributed by atoms with Crippen molar-refractivity contribution in [2.75, 3.05) is 18.2 Å². The zero-order valence-electron chi connectivity index (χ0n) is 19.4. The van der Waals surface area contributed by atoms with Gasteiger partial charge in [0.2, 0.25) is 0 Å². The van der Waals surface area contributed by atoms with Crippen LogP contribution in [0.5, 0.6) is 0 Å². The van der Waals surface area contributed by atoms with Gasteiger partial charge in [-0.05, 0) is 57.4 Å². The summed E-state index contributed by atoms with van der Waals surface area (Å²) in [5.41, 5.74) is 2.81. The minimum absolute atomic E-state index is 0.110. The van der Waals surface area contributed by atoms with E-state index in [0.29, 0.717) is 28.3 Å². The second-order valence-electron chi connectivity index (χ2n) is 7.60. The fourth-order valence-corrected chi connectivity index (χ4v) is 3.93. The first kappa shape index (κ1) is 24.1. The number of nitrogens with zero attached hydrogens (tertiary/aromatic N) is 6. The summed E-state index contributed by atoms with van der Waals surface area (Å²) < 4.78 is 21.6. The number of ether oxygens (including phenoxy) is 1. The van der Waals surface area contributed by atoms with Gasteiger partial charge in [0.25, 0.3) is 11.9 Å².